The van der Waals surface area contributed by atoms with Gasteiger partial charge in [0.05, 0.1) is 12.2 Å². The summed E-state index contributed by atoms with van der Waals surface area (Å²) in [6.45, 7) is 8.27. The van der Waals surface area contributed by atoms with Crippen LogP contribution in [0.3, 0.4) is 0 Å². The molecule has 6 fully saturated rings. The second kappa shape index (κ2) is 21.4. The Hall–Kier alpha value is -5.94. The highest BCUT2D eigenvalue weighted by Gasteiger charge is 2.76. The van der Waals surface area contributed by atoms with Crippen LogP contribution in [0, 0.1) is 39.9 Å². The Morgan fingerprint density at radius 1 is 0.925 bits per heavy atom. The number of carbonyl (C=O) groups excluding carboxylic acids is 6. The molecule has 5 saturated carbocycles. The number of aliphatic hydroxyl groups is 1. The summed E-state index contributed by atoms with van der Waals surface area (Å²) >= 11 is 0. The molecule has 1 aliphatic heterocycles. The van der Waals surface area contributed by atoms with Crippen LogP contribution < -0.4 is 20.8 Å². The summed E-state index contributed by atoms with van der Waals surface area (Å²) < 4.78 is 41.2. The molecule has 0 aromatic heterocycles. The minimum Gasteiger partial charge on any atom is -0.566 e. The minimum absolute atomic E-state index is 0.00260. The third-order valence-electron chi connectivity index (χ3n) is 19.3. The van der Waals surface area contributed by atoms with Crippen LogP contribution in [0.2, 0.25) is 0 Å². The normalized spacial score (nSPS) is 33.0. The van der Waals surface area contributed by atoms with E-state index < -0.39 is 97.6 Å². The van der Waals surface area contributed by atoms with Gasteiger partial charge in [0, 0.05) is 40.7 Å². The Kier molecular flexibility index (Phi) is 15.0. The van der Waals surface area contributed by atoms with E-state index in [0.29, 0.717) is 24.3 Å². The van der Waals surface area contributed by atoms with E-state index >= 15 is 0 Å². The highest BCUT2D eigenvalue weighted by molar-refractivity contribution is 7.30. The number of benzene rings is 3. The fraction of sp³-hybridized carbons (Fsp3) is 0.548. The summed E-state index contributed by atoms with van der Waals surface area (Å²) in [6, 6.07) is 22.8. The number of rotatable bonds is 17. The van der Waals surface area contributed by atoms with Gasteiger partial charge in [-0.1, -0.05) is 98.3 Å². The molecule has 1 saturated heterocycles. The van der Waals surface area contributed by atoms with Crippen molar-refractivity contribution in [2.75, 3.05) is 19.8 Å². The van der Waals surface area contributed by atoms with Gasteiger partial charge in [0.15, 0.2) is 30.1 Å². The Morgan fingerprint density at radius 3 is 2.29 bits per heavy atom. The molecule has 8 aliphatic rings. The predicted octanol–water partition coefficient (Wildman–Crippen LogP) is 7.69. The number of hydrogen-bond acceptors (Lipinski definition) is 14. The molecule has 7 aliphatic carbocycles. The van der Waals surface area contributed by atoms with Gasteiger partial charge in [0.25, 0.3) is 0 Å². The summed E-state index contributed by atoms with van der Waals surface area (Å²) in [5.41, 5.74) is 3.53. The van der Waals surface area contributed by atoms with Crippen LogP contribution in [0.5, 0.6) is 0 Å². The van der Waals surface area contributed by atoms with Gasteiger partial charge < -0.3 is 44.9 Å². The maximum Gasteiger partial charge on any atom is 0.488 e. The number of aliphatic hydroxyl groups excluding tert-OH is 1. The van der Waals surface area contributed by atoms with E-state index in [4.69, 9.17) is 23.5 Å². The number of esters is 1. The number of nitrogens with one attached hydrogen (secondary N) is 3. The Morgan fingerprint density at radius 2 is 1.61 bits per heavy atom. The molecule has 3 aromatic rings. The molecule has 4 N–H and O–H groups in total. The molecule has 3 amide bonds. The fourth-order valence-electron chi connectivity index (χ4n) is 16.1. The summed E-state index contributed by atoms with van der Waals surface area (Å²) in [5.74, 6) is -2.11. The number of ether oxygens (including phenoxy) is 4. The van der Waals surface area contributed by atoms with Crippen LogP contribution in [0.15, 0.2) is 96.6 Å². The van der Waals surface area contributed by atoms with Crippen molar-refractivity contribution in [1.82, 2.24) is 16.0 Å². The van der Waals surface area contributed by atoms with Crippen LogP contribution in [-0.2, 0) is 58.4 Å². The fourth-order valence-corrected chi connectivity index (χ4v) is 16.3. The molecule has 11 atom stereocenters. The molecule has 3 aromatic carbocycles. The van der Waals surface area contributed by atoms with E-state index in [0.717, 1.165) is 71.9 Å². The third kappa shape index (κ3) is 10.4. The van der Waals surface area contributed by atoms with E-state index in [1.165, 1.54) is 0 Å². The summed E-state index contributed by atoms with van der Waals surface area (Å²) in [7, 11) is -3.31. The van der Waals surface area contributed by atoms with Gasteiger partial charge in [-0.2, -0.15) is 0 Å². The van der Waals surface area contributed by atoms with Crippen molar-refractivity contribution in [3.8, 4) is 11.1 Å². The number of Topliss-reactive ketones (excluding diaryl/α,β-unsaturated/α-hetero) is 1. The minimum atomic E-state index is -3.31. The predicted molar refractivity (Wildman–Crippen MR) is 290 cm³/mol. The molecule has 0 radical (unpaired) electrons. The zero-order valence-corrected chi connectivity index (χ0v) is 46.9. The van der Waals surface area contributed by atoms with Crippen molar-refractivity contribution in [2.24, 2.45) is 39.9 Å². The molecule has 11 rings (SSSR count). The van der Waals surface area contributed by atoms with Gasteiger partial charge >= 0.3 is 20.3 Å². The lowest BCUT2D eigenvalue weighted by Gasteiger charge is -2.59. The summed E-state index contributed by atoms with van der Waals surface area (Å²) in [5, 5.41) is 20.4. The van der Waals surface area contributed by atoms with Gasteiger partial charge in [-0.3, -0.25) is 24.0 Å². The van der Waals surface area contributed by atoms with Crippen LogP contribution in [0.25, 0.3) is 11.1 Å². The van der Waals surface area contributed by atoms with Crippen molar-refractivity contribution >= 4 is 43.7 Å². The number of amides is 3. The number of allylic oxidation sites excluding steroid dienone is 4. The smallest absolute Gasteiger partial charge is 0.488 e. The lowest BCUT2D eigenvalue weighted by atomic mass is 9.46. The lowest BCUT2D eigenvalue weighted by molar-refractivity contribution is -0.204. The van der Waals surface area contributed by atoms with Crippen LogP contribution in [-0.4, -0.2) is 95.8 Å². The number of ketones is 2. The monoisotopic (exact) mass is 1110 g/mol. The van der Waals surface area contributed by atoms with E-state index in [1.54, 1.807) is 32.9 Å². The average Bonchev–Trinajstić information content (AvgIpc) is 4.05. The van der Waals surface area contributed by atoms with Gasteiger partial charge in [0.2, 0.25) is 11.8 Å². The van der Waals surface area contributed by atoms with E-state index in [1.807, 2.05) is 85.8 Å². The van der Waals surface area contributed by atoms with E-state index in [9.17, 15) is 43.3 Å². The zero-order chi connectivity index (χ0) is 56.5. The molecular weight excluding hydrogens is 1040 g/mol. The van der Waals surface area contributed by atoms with Gasteiger partial charge in [-0.05, 0) is 153 Å². The number of fused-ring (bicyclic) bond motifs is 10. The summed E-state index contributed by atoms with van der Waals surface area (Å²) in [4.78, 5) is 91.1. The maximum atomic E-state index is 14.4. The molecule has 80 heavy (non-hydrogen) atoms. The molecule has 17 nitrogen and oxygen atoms in total. The van der Waals surface area contributed by atoms with E-state index in [-0.39, 0.29) is 66.8 Å². The lowest BCUT2D eigenvalue weighted by Crippen LogP contribution is -2.63. The van der Waals surface area contributed by atoms with Crippen LogP contribution >= 0.6 is 8.25 Å². The SMILES string of the molecule is CC(C)(C)OC(=O)CC[C@H](NC(=O)CNC(=O)OCC1c2ccccc2-c2ccccc21)C(=O)NC1CC2(CC(Cc3ccc([C@@H]4O[C@@H]5C[C@H]6[C@@H]7CCC8=CC(=O)C=C[C@]8(C)[C@H]7[C@@H](O)C[C@]6(C)[C@]5(C(=O)CO[P+](=O)[O-])O4)cc3)C2)C1. The van der Waals surface area contributed by atoms with E-state index in [2.05, 4.69) is 22.9 Å². The number of alkyl carbamates (subject to hydrolysis) is 1. The second-order valence-corrected chi connectivity index (χ2v) is 26.1. The molecule has 1 heterocycles. The van der Waals surface area contributed by atoms with Crippen molar-refractivity contribution in [3.63, 3.8) is 0 Å². The van der Waals surface area contributed by atoms with Crippen LogP contribution in [0.1, 0.15) is 133 Å². The highest BCUT2D eigenvalue weighted by atomic mass is 31.1. The Balaban J connectivity index is 0.669. The quantitative estimate of drug-likeness (QED) is 0.0748. The van der Waals surface area contributed by atoms with Crippen molar-refractivity contribution in [2.45, 2.75) is 153 Å². The molecule has 1 unspecified atom stereocenters. The van der Waals surface area contributed by atoms with Gasteiger partial charge in [-0.15, -0.1) is 4.52 Å². The van der Waals surface area contributed by atoms with Gasteiger partial charge in [0.1, 0.15) is 24.8 Å². The molecule has 424 valence electrons. The third-order valence-corrected chi connectivity index (χ3v) is 19.7. The van der Waals surface area contributed by atoms with Crippen molar-refractivity contribution < 1.29 is 66.8 Å². The van der Waals surface area contributed by atoms with Crippen molar-refractivity contribution in [1.29, 1.82) is 0 Å². The van der Waals surface area contributed by atoms with Gasteiger partial charge in [-0.25, -0.2) is 4.79 Å². The van der Waals surface area contributed by atoms with Crippen molar-refractivity contribution in [3.05, 3.63) is 119 Å². The summed E-state index contributed by atoms with van der Waals surface area (Å²) in [6.07, 6.45) is 8.39. The first-order valence-electron chi connectivity index (χ1n) is 28.3. The molecule has 18 heteroatoms. The first-order chi connectivity index (χ1) is 38.1. The number of carbonyl (C=O) groups is 6. The Bertz CT molecular complexity index is 3000. The van der Waals surface area contributed by atoms with Crippen LogP contribution in [0.4, 0.5) is 4.79 Å². The Labute approximate surface area is 467 Å². The second-order valence-electron chi connectivity index (χ2n) is 25.4. The average molecular weight is 1110 g/mol. The zero-order valence-electron chi connectivity index (χ0n) is 46.0. The molecule has 1 spiro atoms. The first-order valence-corrected chi connectivity index (χ1v) is 29.4. The topological polar surface area (TPSA) is 245 Å². The standard InChI is InChI=1S/C62H72N3O14P/c1-58(2,3)78-53(70)21-20-48(65-52(69)32-63-57(72)75-33-46-43-12-8-6-10-41(43)42-11-7-9-13-44(42)46)55(71)64-39-29-61(30-39)27-36(28-61)24-35-14-16-37(17-15-35)56-77-51-26-47-45-19-18-38-25-40(66)22-23-59(38,4)54(45)49(67)31-60(47,5)62(51,79-56)50(68)34-76-80(73)74/h6-17,22-23,25,36,39,45-49,51,54,56,67H,18-21,24,26-34H2,1-5H3,(H,63,72)(H,64,71)(H,65,69)/t36?,39?,45-,47-,48-,49-,51+,54+,56+,59-,60-,61?,62+/m0/s1. The highest BCUT2D eigenvalue weighted by Crippen LogP contribution is 2.71. The number of hydrogen-bond donors (Lipinski definition) is 4. The first kappa shape index (κ1) is 55.9. The molecule has 0 bridgehead atoms. The maximum absolute atomic E-state index is 14.4. The largest absolute Gasteiger partial charge is 0.566 e. The molecular formula is C62H72N3O14P.